The van der Waals surface area contributed by atoms with Gasteiger partial charge < -0.3 is 19.8 Å². The van der Waals surface area contributed by atoms with Crippen molar-refractivity contribution in [3.05, 3.63) is 96.3 Å². The zero-order valence-electron chi connectivity index (χ0n) is 23.0. The van der Waals surface area contributed by atoms with E-state index >= 15 is 4.39 Å². The minimum atomic E-state index is -0.621. The lowest BCUT2D eigenvalue weighted by atomic mass is 9.93. The van der Waals surface area contributed by atoms with Crippen LogP contribution in [0.25, 0.3) is 33.2 Å². The molecule has 0 fully saturated rings. The highest BCUT2D eigenvalue weighted by Gasteiger charge is 2.21. The maximum atomic E-state index is 15.8. The Hall–Kier alpha value is -4.59. The number of anilines is 1. The molecule has 7 nitrogen and oxygen atoms in total. The van der Waals surface area contributed by atoms with E-state index in [1.807, 2.05) is 82.3 Å². The number of ether oxygens (including phenoxy) is 1. The van der Waals surface area contributed by atoms with Crippen LogP contribution in [0.1, 0.15) is 32.0 Å². The maximum Gasteiger partial charge on any atom is 0.407 e. The molecule has 3 N–H and O–H groups in total. The van der Waals surface area contributed by atoms with E-state index in [1.165, 1.54) is 18.6 Å². The zero-order valence-corrected chi connectivity index (χ0v) is 23.0. The number of aryl methyl sites for hydroxylation is 1. The number of H-pyrrole nitrogens is 1. The summed E-state index contributed by atoms with van der Waals surface area (Å²) < 4.78 is 26.5. The Morgan fingerprint density at radius 1 is 1.07 bits per heavy atom. The SMILES string of the molecule is Cc1n[nH]c2ccc(-c3cc(NC[C@@H](Cc4ccccc4)NC(=O)OC(C)(C)C)cc(F)c3-c3ccoc3)cc12. The second-order valence-corrected chi connectivity index (χ2v) is 10.9. The third-order valence-electron chi connectivity index (χ3n) is 6.56. The van der Waals surface area contributed by atoms with Gasteiger partial charge in [0.1, 0.15) is 11.4 Å². The van der Waals surface area contributed by atoms with Crippen LogP contribution >= 0.6 is 0 Å². The molecular weight excluding hydrogens is 507 g/mol. The molecule has 2 aromatic heterocycles. The topological polar surface area (TPSA) is 92.2 Å². The Kier molecular flexibility index (Phi) is 7.60. The monoisotopic (exact) mass is 540 g/mol. The Bertz CT molecular complexity index is 1610. The summed E-state index contributed by atoms with van der Waals surface area (Å²) >= 11 is 0. The molecular formula is C32H33FN4O3. The molecule has 0 saturated heterocycles. The first-order chi connectivity index (χ1) is 19.2. The molecule has 206 valence electrons. The standard InChI is InChI=1S/C32H33FN4O3/c1-20-26-15-22(10-11-29(26)37-36-20)27-16-24(17-28(33)30(27)23-12-13-39-19-23)34-18-25(14-21-8-6-5-7-9-21)35-31(38)40-32(2,3)4/h5-13,15-17,19,25,34H,14,18H2,1-4H3,(H,35,38)(H,36,37)/t25-/m1/s1. The fourth-order valence-electron chi connectivity index (χ4n) is 4.74. The summed E-state index contributed by atoms with van der Waals surface area (Å²) in [6, 6.07) is 20.6. The molecule has 5 aromatic rings. The normalized spacial score (nSPS) is 12.3. The average Bonchev–Trinajstić information content (AvgIpc) is 3.56. The van der Waals surface area contributed by atoms with Crippen molar-refractivity contribution in [3.63, 3.8) is 0 Å². The molecule has 0 spiro atoms. The number of carbonyl (C=O) groups excluding carboxylic acids is 1. The number of hydrogen-bond donors (Lipinski definition) is 3. The minimum absolute atomic E-state index is 0.303. The molecule has 1 atom stereocenters. The predicted molar refractivity (Wildman–Crippen MR) is 156 cm³/mol. The summed E-state index contributed by atoms with van der Waals surface area (Å²) in [4.78, 5) is 12.6. The van der Waals surface area contributed by atoms with E-state index in [9.17, 15) is 4.79 Å². The van der Waals surface area contributed by atoms with Gasteiger partial charge in [-0.1, -0.05) is 36.4 Å². The number of amides is 1. The van der Waals surface area contributed by atoms with Gasteiger partial charge in [0.15, 0.2) is 0 Å². The molecule has 0 radical (unpaired) electrons. The fourth-order valence-corrected chi connectivity index (χ4v) is 4.74. The van der Waals surface area contributed by atoms with Crippen molar-refractivity contribution in [1.29, 1.82) is 0 Å². The van der Waals surface area contributed by atoms with Gasteiger partial charge in [0.05, 0.1) is 29.8 Å². The summed E-state index contributed by atoms with van der Waals surface area (Å²) in [5.74, 6) is -0.384. The van der Waals surface area contributed by atoms with Gasteiger partial charge in [0.25, 0.3) is 0 Å². The van der Waals surface area contributed by atoms with E-state index in [0.717, 1.165) is 27.7 Å². The number of fused-ring (bicyclic) bond motifs is 1. The van der Waals surface area contributed by atoms with Gasteiger partial charge in [-0.05, 0) is 81.1 Å². The Morgan fingerprint density at radius 2 is 1.88 bits per heavy atom. The van der Waals surface area contributed by atoms with Crippen LogP contribution in [0.5, 0.6) is 0 Å². The van der Waals surface area contributed by atoms with Gasteiger partial charge in [-0.15, -0.1) is 0 Å². The highest BCUT2D eigenvalue weighted by atomic mass is 19.1. The highest BCUT2D eigenvalue weighted by Crippen LogP contribution is 2.38. The second-order valence-electron chi connectivity index (χ2n) is 10.9. The van der Waals surface area contributed by atoms with Gasteiger partial charge in [0.2, 0.25) is 0 Å². The number of nitrogens with zero attached hydrogens (tertiary/aromatic N) is 1. The number of carbonyl (C=O) groups is 1. The van der Waals surface area contributed by atoms with Crippen molar-refractivity contribution in [2.75, 3.05) is 11.9 Å². The van der Waals surface area contributed by atoms with Crippen LogP contribution in [0.2, 0.25) is 0 Å². The number of halogens is 1. The number of aromatic amines is 1. The average molecular weight is 541 g/mol. The van der Waals surface area contributed by atoms with Crippen molar-refractivity contribution >= 4 is 22.7 Å². The van der Waals surface area contributed by atoms with Crippen molar-refractivity contribution in [2.45, 2.75) is 45.8 Å². The third-order valence-corrected chi connectivity index (χ3v) is 6.56. The lowest BCUT2D eigenvalue weighted by molar-refractivity contribution is 0.0507. The lowest BCUT2D eigenvalue weighted by Gasteiger charge is -2.24. The highest BCUT2D eigenvalue weighted by molar-refractivity contribution is 5.92. The molecule has 0 aliphatic rings. The molecule has 40 heavy (non-hydrogen) atoms. The van der Waals surface area contributed by atoms with E-state index in [2.05, 4.69) is 20.8 Å². The Morgan fingerprint density at radius 3 is 2.60 bits per heavy atom. The van der Waals surface area contributed by atoms with E-state index in [4.69, 9.17) is 9.15 Å². The van der Waals surface area contributed by atoms with Crippen LogP contribution in [0, 0.1) is 12.7 Å². The molecule has 1 amide bonds. The molecule has 0 unspecified atom stereocenters. The number of rotatable bonds is 8. The molecule has 0 aliphatic carbocycles. The van der Waals surface area contributed by atoms with Crippen molar-refractivity contribution < 1.29 is 18.3 Å². The largest absolute Gasteiger partial charge is 0.472 e. The summed E-state index contributed by atoms with van der Waals surface area (Å²) in [6.45, 7) is 7.77. The minimum Gasteiger partial charge on any atom is -0.472 e. The van der Waals surface area contributed by atoms with E-state index in [-0.39, 0.29) is 11.9 Å². The van der Waals surface area contributed by atoms with E-state index < -0.39 is 11.7 Å². The second kappa shape index (κ2) is 11.3. The molecule has 3 aromatic carbocycles. The molecule has 5 rings (SSSR count). The summed E-state index contributed by atoms with van der Waals surface area (Å²) in [5, 5.41) is 14.6. The van der Waals surface area contributed by atoms with Crippen LogP contribution in [0.3, 0.4) is 0 Å². The smallest absolute Gasteiger partial charge is 0.407 e. The first-order valence-electron chi connectivity index (χ1n) is 13.2. The van der Waals surface area contributed by atoms with E-state index in [0.29, 0.717) is 35.3 Å². The van der Waals surface area contributed by atoms with Gasteiger partial charge >= 0.3 is 6.09 Å². The number of alkyl carbamates (subject to hydrolysis) is 1. The van der Waals surface area contributed by atoms with E-state index in [1.54, 1.807) is 6.07 Å². The summed E-state index contributed by atoms with van der Waals surface area (Å²) in [6.07, 6.45) is 3.15. The van der Waals surface area contributed by atoms with Gasteiger partial charge in [0, 0.05) is 28.7 Å². The molecule has 8 heteroatoms. The molecule has 0 bridgehead atoms. The van der Waals surface area contributed by atoms with Crippen LogP contribution in [-0.4, -0.2) is 34.5 Å². The first kappa shape index (κ1) is 27.0. The molecule has 0 aliphatic heterocycles. The maximum absolute atomic E-state index is 15.8. The number of furan rings is 1. The molecule has 0 saturated carbocycles. The number of benzene rings is 3. The first-order valence-corrected chi connectivity index (χ1v) is 13.2. The Balaban J connectivity index is 1.46. The fraction of sp³-hybridized carbons (Fsp3) is 0.250. The van der Waals surface area contributed by atoms with Crippen LogP contribution in [0.4, 0.5) is 14.9 Å². The quantitative estimate of drug-likeness (QED) is 0.190. The van der Waals surface area contributed by atoms with Crippen LogP contribution in [-0.2, 0) is 11.2 Å². The number of hydrogen-bond acceptors (Lipinski definition) is 5. The third kappa shape index (κ3) is 6.34. The van der Waals surface area contributed by atoms with Crippen LogP contribution < -0.4 is 10.6 Å². The van der Waals surface area contributed by atoms with Crippen LogP contribution in [0.15, 0.2) is 83.7 Å². The zero-order chi connectivity index (χ0) is 28.3. The predicted octanol–water partition coefficient (Wildman–Crippen LogP) is 7.49. The summed E-state index contributed by atoms with van der Waals surface area (Å²) in [5.41, 5.74) is 5.48. The molecule has 2 heterocycles. The number of nitrogens with one attached hydrogen (secondary N) is 3. The van der Waals surface area contributed by atoms with Crippen molar-refractivity contribution in [1.82, 2.24) is 15.5 Å². The van der Waals surface area contributed by atoms with Gasteiger partial charge in [-0.2, -0.15) is 5.10 Å². The van der Waals surface area contributed by atoms with Gasteiger partial charge in [-0.25, -0.2) is 9.18 Å². The van der Waals surface area contributed by atoms with Gasteiger partial charge in [-0.3, -0.25) is 5.10 Å². The van der Waals surface area contributed by atoms with Crippen molar-refractivity contribution in [3.8, 4) is 22.3 Å². The summed E-state index contributed by atoms with van der Waals surface area (Å²) in [7, 11) is 0. The van der Waals surface area contributed by atoms with Crippen molar-refractivity contribution in [2.24, 2.45) is 0 Å². The lowest BCUT2D eigenvalue weighted by Crippen LogP contribution is -2.43. The Labute approximate surface area is 232 Å². The number of aromatic nitrogens is 2.